The van der Waals surface area contributed by atoms with Crippen molar-refractivity contribution in [1.29, 1.82) is 0 Å². The number of aryl methyl sites for hydroxylation is 2. The van der Waals surface area contributed by atoms with Crippen LogP contribution in [-0.2, 0) is 29.8 Å². The van der Waals surface area contributed by atoms with Gasteiger partial charge in [-0.2, -0.15) is 4.31 Å². The van der Waals surface area contributed by atoms with Crippen molar-refractivity contribution < 1.29 is 27.3 Å². The number of piperidine rings is 1. The molecule has 1 aliphatic carbocycles. The Morgan fingerprint density at radius 1 is 1.24 bits per heavy atom. The number of hydrogen-bond donors (Lipinski definition) is 1. The minimum absolute atomic E-state index is 0.00393. The molecule has 0 radical (unpaired) electrons. The quantitative estimate of drug-likeness (QED) is 0.581. The SMILES string of the molecule is Cc1noc(C)c1S(=O)(=O)N1CCCC(C(=O)OCC(=O)NCC2(c3ccccc3)CC2)C1. The molecule has 1 unspecified atom stereocenters. The Labute approximate surface area is 193 Å². The zero-order chi connectivity index (χ0) is 23.6. The summed E-state index contributed by atoms with van der Waals surface area (Å²) in [6.45, 7) is 3.55. The normalized spacial score (nSPS) is 20.2. The van der Waals surface area contributed by atoms with Gasteiger partial charge in [0.15, 0.2) is 12.4 Å². The van der Waals surface area contributed by atoms with Crippen LogP contribution < -0.4 is 5.32 Å². The fraction of sp³-hybridized carbons (Fsp3) is 0.522. The van der Waals surface area contributed by atoms with Gasteiger partial charge in [-0.1, -0.05) is 35.5 Å². The van der Waals surface area contributed by atoms with E-state index in [1.807, 2.05) is 18.2 Å². The number of nitrogens with zero attached hydrogens (tertiary/aromatic N) is 2. The van der Waals surface area contributed by atoms with Crippen LogP contribution >= 0.6 is 0 Å². The van der Waals surface area contributed by atoms with E-state index in [4.69, 9.17) is 9.26 Å². The highest BCUT2D eigenvalue weighted by atomic mass is 32.2. The Balaban J connectivity index is 1.28. The third-order valence-corrected chi connectivity index (χ3v) is 8.60. The van der Waals surface area contributed by atoms with Crippen molar-refractivity contribution in [1.82, 2.24) is 14.8 Å². The van der Waals surface area contributed by atoms with Gasteiger partial charge in [0.25, 0.3) is 5.91 Å². The Morgan fingerprint density at radius 2 is 1.97 bits per heavy atom. The maximum absolute atomic E-state index is 13.0. The summed E-state index contributed by atoms with van der Waals surface area (Å²) < 4.78 is 37.6. The van der Waals surface area contributed by atoms with Crippen molar-refractivity contribution in [3.05, 3.63) is 47.3 Å². The number of carbonyl (C=O) groups is 2. The standard InChI is InChI=1S/C23H29N3O6S/c1-16-21(17(2)32-25-16)33(29,30)26-12-6-7-18(13-26)22(28)31-14-20(27)24-15-23(10-11-23)19-8-4-3-5-9-19/h3-5,8-9,18H,6-7,10-15H2,1-2H3,(H,24,27). The number of esters is 1. The summed E-state index contributed by atoms with van der Waals surface area (Å²) >= 11 is 0. The first-order chi connectivity index (χ1) is 15.7. The van der Waals surface area contributed by atoms with E-state index in [9.17, 15) is 18.0 Å². The van der Waals surface area contributed by atoms with Crippen LogP contribution in [-0.4, -0.2) is 56.0 Å². The topological polar surface area (TPSA) is 119 Å². The summed E-state index contributed by atoms with van der Waals surface area (Å²) in [5, 5.41) is 6.59. The summed E-state index contributed by atoms with van der Waals surface area (Å²) in [4.78, 5) is 24.9. The van der Waals surface area contributed by atoms with Gasteiger partial charge in [-0.15, -0.1) is 0 Å². The molecule has 1 aromatic carbocycles. The van der Waals surface area contributed by atoms with Crippen molar-refractivity contribution in [2.45, 2.75) is 49.8 Å². The molecule has 1 saturated carbocycles. The van der Waals surface area contributed by atoms with Crippen molar-refractivity contribution in [2.75, 3.05) is 26.2 Å². The first-order valence-electron chi connectivity index (χ1n) is 11.1. The second-order valence-corrected chi connectivity index (χ2v) is 10.8. The lowest BCUT2D eigenvalue weighted by atomic mass is 9.96. The highest BCUT2D eigenvalue weighted by Crippen LogP contribution is 2.47. The number of aromatic nitrogens is 1. The van der Waals surface area contributed by atoms with E-state index in [0.717, 1.165) is 12.8 Å². The predicted molar refractivity (Wildman–Crippen MR) is 119 cm³/mol. The van der Waals surface area contributed by atoms with Crippen molar-refractivity contribution in [2.24, 2.45) is 5.92 Å². The highest BCUT2D eigenvalue weighted by Gasteiger charge is 2.44. The van der Waals surface area contributed by atoms with Crippen LogP contribution in [0.1, 0.15) is 42.7 Å². The van der Waals surface area contributed by atoms with Crippen LogP contribution in [0.15, 0.2) is 39.8 Å². The molecule has 2 aliphatic rings. The molecule has 4 rings (SSSR count). The van der Waals surface area contributed by atoms with Gasteiger partial charge in [0.1, 0.15) is 10.6 Å². The lowest BCUT2D eigenvalue weighted by Gasteiger charge is -2.30. The lowest BCUT2D eigenvalue weighted by molar-refractivity contribution is -0.153. The Bertz CT molecular complexity index is 1100. The van der Waals surface area contributed by atoms with E-state index < -0.39 is 21.9 Å². The monoisotopic (exact) mass is 475 g/mol. The van der Waals surface area contributed by atoms with E-state index in [2.05, 4.69) is 22.6 Å². The average Bonchev–Trinajstić information content (AvgIpc) is 3.54. The van der Waals surface area contributed by atoms with E-state index in [0.29, 0.717) is 25.9 Å². The zero-order valence-electron chi connectivity index (χ0n) is 18.9. The number of carbonyl (C=O) groups excluding carboxylic acids is 2. The van der Waals surface area contributed by atoms with Gasteiger partial charge in [0.2, 0.25) is 10.0 Å². The summed E-state index contributed by atoms with van der Waals surface area (Å²) in [7, 11) is -3.83. The lowest BCUT2D eigenvalue weighted by Crippen LogP contribution is -2.43. The number of benzene rings is 1. The second-order valence-electron chi connectivity index (χ2n) is 8.89. The molecule has 2 heterocycles. The van der Waals surface area contributed by atoms with Crippen LogP contribution in [0.2, 0.25) is 0 Å². The van der Waals surface area contributed by atoms with Gasteiger partial charge in [-0.3, -0.25) is 9.59 Å². The number of nitrogens with one attached hydrogen (secondary N) is 1. The van der Waals surface area contributed by atoms with Gasteiger partial charge in [-0.05, 0) is 45.1 Å². The molecule has 0 bridgehead atoms. The molecular weight excluding hydrogens is 446 g/mol. The first-order valence-corrected chi connectivity index (χ1v) is 12.6. The number of amides is 1. The molecule has 2 aromatic rings. The predicted octanol–water partition coefficient (Wildman–Crippen LogP) is 2.08. The summed E-state index contributed by atoms with van der Waals surface area (Å²) in [5.41, 5.74) is 1.46. The maximum Gasteiger partial charge on any atom is 0.310 e. The number of ether oxygens (including phenoxy) is 1. The molecular formula is C23H29N3O6S. The first kappa shape index (κ1) is 23.4. The molecule has 1 N–H and O–H groups in total. The smallest absolute Gasteiger partial charge is 0.310 e. The van der Waals surface area contributed by atoms with Crippen LogP contribution in [0.3, 0.4) is 0 Å². The summed E-state index contributed by atoms with van der Waals surface area (Å²) in [6, 6.07) is 10.1. The summed E-state index contributed by atoms with van der Waals surface area (Å²) in [5.74, 6) is -1.33. The van der Waals surface area contributed by atoms with Gasteiger partial charge in [-0.25, -0.2) is 8.42 Å². The fourth-order valence-corrected chi connectivity index (χ4v) is 6.22. The maximum atomic E-state index is 13.0. The van der Waals surface area contributed by atoms with Crippen LogP contribution in [0.4, 0.5) is 0 Å². The number of rotatable bonds is 8. The van der Waals surface area contributed by atoms with E-state index in [1.54, 1.807) is 13.8 Å². The molecule has 1 aliphatic heterocycles. The van der Waals surface area contributed by atoms with Crippen LogP contribution in [0, 0.1) is 19.8 Å². The number of hydrogen-bond acceptors (Lipinski definition) is 7. The molecule has 9 nitrogen and oxygen atoms in total. The third-order valence-electron chi connectivity index (χ3n) is 6.49. The van der Waals surface area contributed by atoms with E-state index >= 15 is 0 Å². The van der Waals surface area contributed by atoms with Crippen molar-refractivity contribution in [3.8, 4) is 0 Å². The minimum atomic E-state index is -3.83. The van der Waals surface area contributed by atoms with Crippen molar-refractivity contribution >= 4 is 21.9 Å². The van der Waals surface area contributed by atoms with Gasteiger partial charge in [0, 0.05) is 25.0 Å². The third kappa shape index (κ3) is 4.96. The molecule has 1 aromatic heterocycles. The molecule has 1 atom stereocenters. The highest BCUT2D eigenvalue weighted by molar-refractivity contribution is 7.89. The van der Waals surface area contributed by atoms with Crippen LogP contribution in [0.25, 0.3) is 0 Å². The molecule has 10 heteroatoms. The Kier molecular flexibility index (Phi) is 6.58. The molecule has 0 spiro atoms. The van der Waals surface area contributed by atoms with Crippen LogP contribution in [0.5, 0.6) is 0 Å². The molecule has 178 valence electrons. The Morgan fingerprint density at radius 3 is 2.61 bits per heavy atom. The minimum Gasteiger partial charge on any atom is -0.455 e. The van der Waals surface area contributed by atoms with Gasteiger partial charge in [0.05, 0.1) is 5.92 Å². The van der Waals surface area contributed by atoms with E-state index in [1.165, 1.54) is 9.87 Å². The average molecular weight is 476 g/mol. The number of sulfonamides is 1. The van der Waals surface area contributed by atoms with Gasteiger partial charge < -0.3 is 14.6 Å². The van der Waals surface area contributed by atoms with E-state index in [-0.39, 0.29) is 40.8 Å². The molecule has 1 saturated heterocycles. The van der Waals surface area contributed by atoms with Crippen molar-refractivity contribution in [3.63, 3.8) is 0 Å². The Hall–Kier alpha value is -2.72. The second kappa shape index (κ2) is 9.26. The largest absolute Gasteiger partial charge is 0.455 e. The van der Waals surface area contributed by atoms with Gasteiger partial charge >= 0.3 is 5.97 Å². The fourth-order valence-electron chi connectivity index (χ4n) is 4.41. The summed E-state index contributed by atoms with van der Waals surface area (Å²) in [6.07, 6.45) is 3.04. The molecule has 33 heavy (non-hydrogen) atoms. The molecule has 2 fully saturated rings. The zero-order valence-corrected chi connectivity index (χ0v) is 19.7. The molecule has 1 amide bonds.